The Labute approximate surface area is 89.7 Å². The number of aliphatic hydroxyl groups excluding tert-OH is 1. The molecule has 1 aromatic carbocycles. The summed E-state index contributed by atoms with van der Waals surface area (Å²) in [6, 6.07) is 7.56. The summed E-state index contributed by atoms with van der Waals surface area (Å²) in [7, 11) is 1.40. The molecule has 0 saturated carbocycles. The summed E-state index contributed by atoms with van der Waals surface area (Å²) < 4.78 is 4.65. The minimum absolute atomic E-state index is 0.0484. The maximum absolute atomic E-state index is 11.2. The lowest BCUT2D eigenvalue weighted by Gasteiger charge is -2.09. The lowest BCUT2D eigenvalue weighted by Crippen LogP contribution is -2.15. The predicted octanol–water partition coefficient (Wildman–Crippen LogP) is 1.53. The van der Waals surface area contributed by atoms with E-state index in [-0.39, 0.29) is 18.5 Å². The van der Waals surface area contributed by atoms with Crippen LogP contribution in [0.15, 0.2) is 24.3 Å². The number of esters is 1. The summed E-state index contributed by atoms with van der Waals surface area (Å²) in [6.07, 6.45) is 0.665. The first-order valence-corrected chi connectivity index (χ1v) is 4.94. The van der Waals surface area contributed by atoms with Gasteiger partial charge in [0.1, 0.15) is 0 Å². The van der Waals surface area contributed by atoms with E-state index in [1.165, 1.54) is 7.11 Å². The van der Waals surface area contributed by atoms with E-state index in [1.807, 2.05) is 31.2 Å². The van der Waals surface area contributed by atoms with Gasteiger partial charge in [0.05, 0.1) is 19.6 Å². The molecule has 0 aliphatic carbocycles. The van der Waals surface area contributed by atoms with Crippen LogP contribution >= 0.6 is 0 Å². The van der Waals surface area contributed by atoms with Gasteiger partial charge in [0.25, 0.3) is 0 Å². The third kappa shape index (κ3) is 3.36. The van der Waals surface area contributed by atoms with Crippen molar-refractivity contribution in [2.24, 2.45) is 5.92 Å². The Morgan fingerprint density at radius 2 is 1.87 bits per heavy atom. The Morgan fingerprint density at radius 1 is 1.33 bits per heavy atom. The van der Waals surface area contributed by atoms with Gasteiger partial charge in [0, 0.05) is 0 Å². The largest absolute Gasteiger partial charge is 0.469 e. The summed E-state index contributed by atoms with van der Waals surface area (Å²) in [6.45, 7) is 1.89. The van der Waals surface area contributed by atoms with Gasteiger partial charge < -0.3 is 9.84 Å². The van der Waals surface area contributed by atoms with Gasteiger partial charge in [-0.25, -0.2) is 0 Å². The Kier molecular flexibility index (Phi) is 4.31. The van der Waals surface area contributed by atoms with E-state index in [2.05, 4.69) is 4.74 Å². The number of carbonyl (C=O) groups is 1. The summed E-state index contributed by atoms with van der Waals surface area (Å²) in [5, 5.41) is 8.86. The van der Waals surface area contributed by atoms with Crippen LogP contribution in [0, 0.1) is 5.92 Å². The van der Waals surface area contributed by atoms with Gasteiger partial charge in [-0.2, -0.15) is 0 Å². The molecule has 0 bridgehead atoms. The fourth-order valence-electron chi connectivity index (χ4n) is 1.42. The minimum atomic E-state index is -0.193. The van der Waals surface area contributed by atoms with Crippen LogP contribution in [0.2, 0.25) is 0 Å². The fourth-order valence-corrected chi connectivity index (χ4v) is 1.42. The highest BCUT2D eigenvalue weighted by Crippen LogP contribution is 2.11. The maximum atomic E-state index is 11.2. The van der Waals surface area contributed by atoms with Crippen LogP contribution in [-0.2, 0) is 22.6 Å². The van der Waals surface area contributed by atoms with Crippen molar-refractivity contribution < 1.29 is 14.6 Å². The van der Waals surface area contributed by atoms with Gasteiger partial charge in [0.15, 0.2) is 0 Å². The zero-order valence-corrected chi connectivity index (χ0v) is 9.06. The molecule has 0 amide bonds. The summed E-state index contributed by atoms with van der Waals surface area (Å²) in [5.41, 5.74) is 1.95. The van der Waals surface area contributed by atoms with Crippen molar-refractivity contribution in [2.45, 2.75) is 20.0 Å². The molecule has 15 heavy (non-hydrogen) atoms. The van der Waals surface area contributed by atoms with E-state index >= 15 is 0 Å². The van der Waals surface area contributed by atoms with E-state index in [1.54, 1.807) is 0 Å². The van der Waals surface area contributed by atoms with Gasteiger partial charge in [-0.3, -0.25) is 4.79 Å². The second-order valence-electron chi connectivity index (χ2n) is 3.60. The van der Waals surface area contributed by atoms with E-state index < -0.39 is 0 Å². The number of aliphatic hydroxyl groups is 1. The molecule has 1 unspecified atom stereocenters. The number of rotatable bonds is 4. The first-order chi connectivity index (χ1) is 7.17. The van der Waals surface area contributed by atoms with E-state index in [4.69, 9.17) is 5.11 Å². The van der Waals surface area contributed by atoms with Crippen molar-refractivity contribution in [1.82, 2.24) is 0 Å². The number of benzene rings is 1. The molecule has 0 aliphatic rings. The Morgan fingerprint density at radius 3 is 2.33 bits per heavy atom. The number of methoxy groups -OCH3 is 1. The molecule has 0 heterocycles. The molecule has 1 aromatic rings. The van der Waals surface area contributed by atoms with Crippen molar-refractivity contribution in [2.75, 3.05) is 7.11 Å². The maximum Gasteiger partial charge on any atom is 0.308 e. The van der Waals surface area contributed by atoms with Crippen molar-refractivity contribution >= 4 is 5.97 Å². The number of hydrogen-bond donors (Lipinski definition) is 1. The SMILES string of the molecule is COC(=O)C(C)Cc1ccc(CO)cc1. The molecule has 1 N–H and O–H groups in total. The zero-order chi connectivity index (χ0) is 11.3. The molecule has 1 atom stereocenters. The molecule has 82 valence electrons. The molecular weight excluding hydrogens is 192 g/mol. The molecule has 0 radical (unpaired) electrons. The second-order valence-corrected chi connectivity index (χ2v) is 3.60. The Bertz CT molecular complexity index is 316. The zero-order valence-electron chi connectivity index (χ0n) is 9.06. The highest BCUT2D eigenvalue weighted by molar-refractivity contribution is 5.72. The van der Waals surface area contributed by atoms with Crippen LogP contribution in [0.1, 0.15) is 18.1 Å². The summed E-state index contributed by atoms with van der Waals surface area (Å²) >= 11 is 0. The quantitative estimate of drug-likeness (QED) is 0.763. The third-order valence-corrected chi connectivity index (χ3v) is 2.35. The lowest BCUT2D eigenvalue weighted by atomic mass is 10.0. The smallest absolute Gasteiger partial charge is 0.308 e. The summed E-state index contributed by atoms with van der Waals surface area (Å²) in [4.78, 5) is 11.2. The molecule has 3 nitrogen and oxygen atoms in total. The van der Waals surface area contributed by atoms with Crippen LogP contribution in [0.5, 0.6) is 0 Å². The molecular formula is C12H16O3. The van der Waals surface area contributed by atoms with Gasteiger partial charge in [-0.15, -0.1) is 0 Å². The van der Waals surface area contributed by atoms with Crippen molar-refractivity contribution in [3.8, 4) is 0 Å². The molecule has 1 rings (SSSR count). The van der Waals surface area contributed by atoms with E-state index in [0.717, 1.165) is 11.1 Å². The van der Waals surface area contributed by atoms with E-state index in [0.29, 0.717) is 6.42 Å². The fraction of sp³-hybridized carbons (Fsp3) is 0.417. The van der Waals surface area contributed by atoms with Crippen LogP contribution in [0.25, 0.3) is 0 Å². The average Bonchev–Trinajstić information content (AvgIpc) is 2.29. The Hall–Kier alpha value is -1.35. The topological polar surface area (TPSA) is 46.5 Å². The van der Waals surface area contributed by atoms with Crippen molar-refractivity contribution in [3.63, 3.8) is 0 Å². The third-order valence-electron chi connectivity index (χ3n) is 2.35. The van der Waals surface area contributed by atoms with Crippen molar-refractivity contribution in [3.05, 3.63) is 35.4 Å². The molecule has 0 aliphatic heterocycles. The predicted molar refractivity (Wildman–Crippen MR) is 57.2 cm³/mol. The van der Waals surface area contributed by atoms with Crippen LogP contribution in [0.4, 0.5) is 0 Å². The van der Waals surface area contributed by atoms with Crippen LogP contribution in [-0.4, -0.2) is 18.2 Å². The first-order valence-electron chi connectivity index (χ1n) is 4.94. The highest BCUT2D eigenvalue weighted by atomic mass is 16.5. The van der Waals surface area contributed by atoms with Crippen LogP contribution in [0.3, 0.4) is 0 Å². The first kappa shape index (κ1) is 11.7. The molecule has 0 spiro atoms. The number of hydrogen-bond acceptors (Lipinski definition) is 3. The molecule has 0 aromatic heterocycles. The minimum Gasteiger partial charge on any atom is -0.469 e. The average molecular weight is 208 g/mol. The van der Waals surface area contributed by atoms with Gasteiger partial charge in [0.2, 0.25) is 0 Å². The summed E-state index contributed by atoms with van der Waals surface area (Å²) in [5.74, 6) is -0.323. The van der Waals surface area contributed by atoms with Gasteiger partial charge >= 0.3 is 5.97 Å². The number of carbonyl (C=O) groups excluding carboxylic acids is 1. The van der Waals surface area contributed by atoms with E-state index in [9.17, 15) is 4.79 Å². The lowest BCUT2D eigenvalue weighted by molar-refractivity contribution is -0.144. The number of ether oxygens (including phenoxy) is 1. The second kappa shape index (κ2) is 5.51. The molecule has 3 heteroatoms. The highest BCUT2D eigenvalue weighted by Gasteiger charge is 2.13. The molecule has 0 fully saturated rings. The van der Waals surface area contributed by atoms with Crippen molar-refractivity contribution in [1.29, 1.82) is 0 Å². The Balaban J connectivity index is 2.60. The standard InChI is InChI=1S/C12H16O3/c1-9(12(14)15-2)7-10-3-5-11(8-13)6-4-10/h3-6,9,13H,7-8H2,1-2H3. The van der Waals surface area contributed by atoms with Gasteiger partial charge in [-0.1, -0.05) is 31.2 Å². The van der Waals surface area contributed by atoms with Gasteiger partial charge in [-0.05, 0) is 17.5 Å². The molecule has 0 saturated heterocycles. The monoisotopic (exact) mass is 208 g/mol. The van der Waals surface area contributed by atoms with Crippen LogP contribution < -0.4 is 0 Å². The normalized spacial score (nSPS) is 12.2.